The van der Waals surface area contributed by atoms with Crippen LogP contribution in [0.4, 0.5) is 0 Å². The number of carbonyl (C=O) groups excluding carboxylic acids is 2. The summed E-state index contributed by atoms with van der Waals surface area (Å²) in [4.78, 5) is 27.5. The minimum Gasteiger partial charge on any atom is -0.462 e. The van der Waals surface area contributed by atoms with Crippen molar-refractivity contribution in [2.45, 2.75) is 34.6 Å². The van der Waals surface area contributed by atoms with Crippen LogP contribution in [0.1, 0.15) is 36.4 Å². The van der Waals surface area contributed by atoms with E-state index in [0.29, 0.717) is 30.0 Å². The number of nitrogens with zero attached hydrogens (tertiary/aromatic N) is 2. The molecule has 0 aliphatic carbocycles. The van der Waals surface area contributed by atoms with Crippen LogP contribution < -0.4 is 0 Å². The van der Waals surface area contributed by atoms with Crippen molar-refractivity contribution in [1.29, 1.82) is 0 Å². The number of methoxy groups -OCH3 is 1. The van der Waals surface area contributed by atoms with E-state index in [1.54, 1.807) is 31.9 Å². The second-order valence-corrected chi connectivity index (χ2v) is 7.69. The molecule has 0 atom stereocenters. The Bertz CT molecular complexity index is 1060. The molecule has 0 saturated carbocycles. The maximum atomic E-state index is 13.2. The molecule has 1 aromatic heterocycles. The highest BCUT2D eigenvalue weighted by Gasteiger charge is 2.37. The van der Waals surface area contributed by atoms with Crippen LogP contribution in [0.15, 0.2) is 47.2 Å². The largest absolute Gasteiger partial charge is 0.462 e. The molecule has 2 heterocycles. The standard InChI is InChI=1S/C25H30N2O4/c1-7-31-25(29)23-19(5)26(12-13-30-6)24(28)22(23)15-20-14-17(3)27(18(20)4)21-10-8-16(2)9-11-21/h8-11,14-15H,7,12-13H2,1-6H3/b22-15-. The Morgan fingerprint density at radius 1 is 1.10 bits per heavy atom. The van der Waals surface area contributed by atoms with Crippen molar-refractivity contribution in [1.82, 2.24) is 9.47 Å². The summed E-state index contributed by atoms with van der Waals surface area (Å²) in [6.07, 6.45) is 1.80. The number of amides is 1. The van der Waals surface area contributed by atoms with E-state index in [-0.39, 0.29) is 12.5 Å². The lowest BCUT2D eigenvalue weighted by atomic mass is 10.0. The van der Waals surface area contributed by atoms with Gasteiger partial charge >= 0.3 is 5.97 Å². The molecule has 0 spiro atoms. The van der Waals surface area contributed by atoms with E-state index in [9.17, 15) is 9.59 Å². The maximum Gasteiger partial charge on any atom is 0.340 e. The van der Waals surface area contributed by atoms with E-state index in [4.69, 9.17) is 9.47 Å². The first-order valence-electron chi connectivity index (χ1n) is 10.5. The molecule has 0 saturated heterocycles. The summed E-state index contributed by atoms with van der Waals surface area (Å²) in [7, 11) is 1.59. The van der Waals surface area contributed by atoms with Crippen molar-refractivity contribution < 1.29 is 19.1 Å². The lowest BCUT2D eigenvalue weighted by molar-refractivity contribution is -0.138. The third kappa shape index (κ3) is 4.35. The van der Waals surface area contributed by atoms with Gasteiger partial charge < -0.3 is 18.9 Å². The average Bonchev–Trinajstić information content (AvgIpc) is 3.14. The van der Waals surface area contributed by atoms with E-state index >= 15 is 0 Å². The van der Waals surface area contributed by atoms with Gasteiger partial charge in [0, 0.05) is 36.4 Å². The molecule has 3 rings (SSSR count). The minimum absolute atomic E-state index is 0.210. The molecule has 1 amide bonds. The van der Waals surface area contributed by atoms with E-state index < -0.39 is 5.97 Å². The summed E-state index contributed by atoms with van der Waals surface area (Å²) in [6, 6.07) is 10.3. The van der Waals surface area contributed by atoms with Crippen LogP contribution in [0.25, 0.3) is 11.8 Å². The molecular weight excluding hydrogens is 392 g/mol. The lowest BCUT2D eigenvalue weighted by Gasteiger charge is -2.16. The molecule has 6 nitrogen and oxygen atoms in total. The molecule has 0 bridgehead atoms. The highest BCUT2D eigenvalue weighted by Crippen LogP contribution is 2.33. The molecule has 0 radical (unpaired) electrons. The van der Waals surface area contributed by atoms with Gasteiger partial charge in [0.15, 0.2) is 0 Å². The number of hydrogen-bond donors (Lipinski definition) is 0. The van der Waals surface area contributed by atoms with Gasteiger partial charge in [-0.1, -0.05) is 17.7 Å². The fourth-order valence-corrected chi connectivity index (χ4v) is 3.96. The van der Waals surface area contributed by atoms with Gasteiger partial charge in [-0.25, -0.2) is 4.79 Å². The summed E-state index contributed by atoms with van der Waals surface area (Å²) in [5, 5.41) is 0. The summed E-state index contributed by atoms with van der Waals surface area (Å²) in [5.41, 5.74) is 6.47. The summed E-state index contributed by atoms with van der Waals surface area (Å²) in [5.74, 6) is -0.690. The first-order valence-corrected chi connectivity index (χ1v) is 10.5. The summed E-state index contributed by atoms with van der Waals surface area (Å²) >= 11 is 0. The monoisotopic (exact) mass is 422 g/mol. The van der Waals surface area contributed by atoms with Gasteiger partial charge in [-0.05, 0) is 64.5 Å². The SMILES string of the molecule is CCOC(=O)C1=C(C)N(CCOC)C(=O)/C1=C\c1cc(C)n(-c2ccc(C)cc2)c1C. The number of allylic oxidation sites excluding steroid dienone is 1. The van der Waals surface area contributed by atoms with Crippen molar-refractivity contribution in [3.05, 3.63) is 69.7 Å². The molecule has 1 aliphatic heterocycles. The van der Waals surface area contributed by atoms with Crippen LogP contribution >= 0.6 is 0 Å². The Kier molecular flexibility index (Phi) is 6.81. The van der Waals surface area contributed by atoms with Crippen LogP contribution in [0.3, 0.4) is 0 Å². The molecular formula is C25H30N2O4. The predicted molar refractivity (Wildman–Crippen MR) is 121 cm³/mol. The zero-order valence-corrected chi connectivity index (χ0v) is 19.1. The molecule has 6 heteroatoms. The molecule has 0 fully saturated rings. The van der Waals surface area contributed by atoms with Crippen LogP contribution in [0.5, 0.6) is 0 Å². The normalized spacial score (nSPS) is 15.4. The van der Waals surface area contributed by atoms with Gasteiger partial charge in [0.1, 0.15) is 0 Å². The highest BCUT2D eigenvalue weighted by molar-refractivity contribution is 6.16. The highest BCUT2D eigenvalue weighted by atomic mass is 16.5. The number of carbonyl (C=O) groups is 2. The third-order valence-electron chi connectivity index (χ3n) is 5.57. The molecule has 0 unspecified atom stereocenters. The predicted octanol–water partition coefficient (Wildman–Crippen LogP) is 4.11. The van der Waals surface area contributed by atoms with Crippen molar-refractivity contribution >= 4 is 18.0 Å². The maximum absolute atomic E-state index is 13.2. The van der Waals surface area contributed by atoms with Crippen LogP contribution in [0, 0.1) is 20.8 Å². The molecule has 164 valence electrons. The van der Waals surface area contributed by atoms with Crippen LogP contribution in [-0.4, -0.2) is 48.2 Å². The number of esters is 1. The summed E-state index contributed by atoms with van der Waals surface area (Å²) < 4.78 is 12.5. The quantitative estimate of drug-likeness (QED) is 0.498. The number of aryl methyl sites for hydroxylation is 2. The molecule has 2 aromatic rings. The lowest BCUT2D eigenvalue weighted by Crippen LogP contribution is -2.28. The van der Waals surface area contributed by atoms with Gasteiger partial charge in [0.05, 0.1) is 24.4 Å². The average molecular weight is 423 g/mol. The topological polar surface area (TPSA) is 60.8 Å². The fraction of sp³-hybridized carbons (Fsp3) is 0.360. The molecule has 0 N–H and O–H groups in total. The zero-order valence-electron chi connectivity index (χ0n) is 19.1. The van der Waals surface area contributed by atoms with Crippen LogP contribution in [-0.2, 0) is 19.1 Å². The summed E-state index contributed by atoms with van der Waals surface area (Å²) in [6.45, 7) is 10.6. The Labute approximate surface area is 183 Å². The number of hydrogen-bond acceptors (Lipinski definition) is 4. The zero-order chi connectivity index (χ0) is 22.7. The molecule has 1 aromatic carbocycles. The van der Waals surface area contributed by atoms with E-state index in [1.165, 1.54) is 5.56 Å². The number of benzene rings is 1. The van der Waals surface area contributed by atoms with E-state index in [2.05, 4.69) is 35.8 Å². The Balaban J connectivity index is 2.08. The second-order valence-electron chi connectivity index (χ2n) is 7.69. The van der Waals surface area contributed by atoms with E-state index in [1.807, 2.05) is 19.9 Å². The first-order chi connectivity index (χ1) is 14.8. The Hall–Kier alpha value is -3.12. The smallest absolute Gasteiger partial charge is 0.340 e. The van der Waals surface area contributed by atoms with Crippen molar-refractivity contribution in [3.8, 4) is 5.69 Å². The first kappa shape index (κ1) is 22.6. The van der Waals surface area contributed by atoms with E-state index in [0.717, 1.165) is 22.6 Å². The number of ether oxygens (including phenoxy) is 2. The third-order valence-corrected chi connectivity index (χ3v) is 5.57. The van der Waals surface area contributed by atoms with Gasteiger partial charge in [0.2, 0.25) is 0 Å². The van der Waals surface area contributed by atoms with Gasteiger partial charge in [-0.2, -0.15) is 0 Å². The fourth-order valence-electron chi connectivity index (χ4n) is 3.96. The second kappa shape index (κ2) is 9.35. The van der Waals surface area contributed by atoms with Gasteiger partial charge in [0.25, 0.3) is 5.91 Å². The minimum atomic E-state index is -0.480. The van der Waals surface area contributed by atoms with Crippen molar-refractivity contribution in [2.75, 3.05) is 26.9 Å². The van der Waals surface area contributed by atoms with Gasteiger partial charge in [-0.3, -0.25) is 4.79 Å². The number of rotatable bonds is 7. The van der Waals surface area contributed by atoms with Gasteiger partial charge in [-0.15, -0.1) is 0 Å². The van der Waals surface area contributed by atoms with Crippen molar-refractivity contribution in [2.24, 2.45) is 0 Å². The Morgan fingerprint density at radius 2 is 1.77 bits per heavy atom. The molecule has 31 heavy (non-hydrogen) atoms. The molecule has 1 aliphatic rings. The van der Waals surface area contributed by atoms with Crippen LogP contribution in [0.2, 0.25) is 0 Å². The Morgan fingerprint density at radius 3 is 2.39 bits per heavy atom. The van der Waals surface area contributed by atoms with Crippen molar-refractivity contribution in [3.63, 3.8) is 0 Å². The number of aromatic nitrogens is 1.